The number of nitrogens with one attached hydrogen (secondary N) is 1. The van der Waals surface area contributed by atoms with E-state index in [0.717, 1.165) is 30.2 Å². The maximum atomic E-state index is 3.58. The van der Waals surface area contributed by atoms with Gasteiger partial charge in [-0.05, 0) is 56.0 Å². The Labute approximate surface area is 115 Å². The molecule has 0 aromatic heterocycles. The summed E-state index contributed by atoms with van der Waals surface area (Å²) in [5, 5.41) is 3.58. The summed E-state index contributed by atoms with van der Waals surface area (Å²) in [6.07, 6.45) is 10.2. The third-order valence-corrected chi connectivity index (χ3v) is 4.72. The lowest BCUT2D eigenvalue weighted by Gasteiger charge is -2.37. The van der Waals surface area contributed by atoms with Gasteiger partial charge in [0.15, 0.2) is 0 Å². The molecule has 1 rings (SSSR count). The van der Waals surface area contributed by atoms with Crippen molar-refractivity contribution in [2.24, 2.45) is 23.7 Å². The molecule has 1 heteroatoms. The second-order valence-electron chi connectivity index (χ2n) is 6.77. The van der Waals surface area contributed by atoms with Gasteiger partial charge in [-0.15, -0.1) is 0 Å². The average molecular weight is 253 g/mol. The largest absolute Gasteiger partial charge is 0.317 e. The summed E-state index contributed by atoms with van der Waals surface area (Å²) in [4.78, 5) is 0. The zero-order valence-corrected chi connectivity index (χ0v) is 13.2. The number of rotatable bonds is 8. The zero-order valence-electron chi connectivity index (χ0n) is 13.2. The van der Waals surface area contributed by atoms with Crippen molar-refractivity contribution in [2.75, 3.05) is 13.1 Å². The van der Waals surface area contributed by atoms with Gasteiger partial charge in [-0.1, -0.05) is 53.4 Å². The highest BCUT2D eigenvalue weighted by molar-refractivity contribution is 4.81. The predicted molar refractivity (Wildman–Crippen MR) is 81.8 cm³/mol. The lowest BCUT2D eigenvalue weighted by molar-refractivity contribution is 0.154. The minimum atomic E-state index is 0.872. The van der Waals surface area contributed by atoms with Crippen LogP contribution < -0.4 is 5.32 Å². The van der Waals surface area contributed by atoms with E-state index in [9.17, 15) is 0 Å². The molecule has 18 heavy (non-hydrogen) atoms. The van der Waals surface area contributed by atoms with Crippen molar-refractivity contribution in [1.82, 2.24) is 5.32 Å². The second kappa shape index (κ2) is 8.96. The molecule has 1 fully saturated rings. The van der Waals surface area contributed by atoms with Crippen molar-refractivity contribution in [3.63, 3.8) is 0 Å². The van der Waals surface area contributed by atoms with Crippen molar-refractivity contribution in [1.29, 1.82) is 0 Å². The Morgan fingerprint density at radius 3 is 2.44 bits per heavy atom. The minimum absolute atomic E-state index is 0.872. The van der Waals surface area contributed by atoms with E-state index in [-0.39, 0.29) is 0 Å². The molecule has 1 saturated carbocycles. The molecule has 0 bridgehead atoms. The molecule has 0 amide bonds. The first-order valence-electron chi connectivity index (χ1n) is 8.38. The van der Waals surface area contributed by atoms with Gasteiger partial charge >= 0.3 is 0 Å². The fraction of sp³-hybridized carbons (Fsp3) is 1.00. The van der Waals surface area contributed by atoms with E-state index in [4.69, 9.17) is 0 Å². The first-order chi connectivity index (χ1) is 8.67. The fourth-order valence-electron chi connectivity index (χ4n) is 3.59. The maximum absolute atomic E-state index is 3.58. The highest BCUT2D eigenvalue weighted by Gasteiger charge is 2.29. The molecular weight excluding hydrogens is 218 g/mol. The summed E-state index contributed by atoms with van der Waals surface area (Å²) < 4.78 is 0. The van der Waals surface area contributed by atoms with Gasteiger partial charge in [0.25, 0.3) is 0 Å². The van der Waals surface area contributed by atoms with Gasteiger partial charge < -0.3 is 5.32 Å². The lowest BCUT2D eigenvalue weighted by atomic mass is 9.70. The third kappa shape index (κ3) is 5.73. The minimum Gasteiger partial charge on any atom is -0.317 e. The van der Waals surface area contributed by atoms with Gasteiger partial charge in [0.1, 0.15) is 0 Å². The van der Waals surface area contributed by atoms with Crippen LogP contribution in [0.4, 0.5) is 0 Å². The molecule has 0 aliphatic heterocycles. The normalized spacial score (nSPS) is 28.8. The van der Waals surface area contributed by atoms with Crippen molar-refractivity contribution in [2.45, 2.75) is 72.6 Å². The van der Waals surface area contributed by atoms with E-state index < -0.39 is 0 Å². The van der Waals surface area contributed by atoms with Crippen molar-refractivity contribution in [3.05, 3.63) is 0 Å². The Morgan fingerprint density at radius 2 is 1.83 bits per heavy atom. The van der Waals surface area contributed by atoms with Gasteiger partial charge in [0.2, 0.25) is 0 Å². The Bertz CT molecular complexity index is 200. The Hall–Kier alpha value is -0.0400. The molecular formula is C17H35N. The van der Waals surface area contributed by atoms with Crippen LogP contribution in [0.25, 0.3) is 0 Å². The first kappa shape index (κ1) is 16.0. The van der Waals surface area contributed by atoms with Crippen LogP contribution in [0, 0.1) is 23.7 Å². The highest BCUT2D eigenvalue weighted by atomic mass is 14.8. The second-order valence-corrected chi connectivity index (χ2v) is 6.77. The van der Waals surface area contributed by atoms with Gasteiger partial charge in [-0.25, -0.2) is 0 Å². The van der Waals surface area contributed by atoms with Crippen LogP contribution >= 0.6 is 0 Å². The molecule has 0 saturated heterocycles. The molecule has 0 aromatic rings. The Kier molecular flexibility index (Phi) is 7.97. The van der Waals surface area contributed by atoms with E-state index >= 15 is 0 Å². The summed E-state index contributed by atoms with van der Waals surface area (Å²) in [6.45, 7) is 11.7. The molecule has 3 unspecified atom stereocenters. The first-order valence-corrected chi connectivity index (χ1v) is 8.38. The summed E-state index contributed by atoms with van der Waals surface area (Å²) in [5.41, 5.74) is 0. The predicted octanol–water partition coefficient (Wildman–Crippen LogP) is 4.86. The van der Waals surface area contributed by atoms with E-state index in [1.54, 1.807) is 0 Å². The monoisotopic (exact) mass is 253 g/mol. The summed E-state index contributed by atoms with van der Waals surface area (Å²) in [7, 11) is 0. The average Bonchev–Trinajstić information content (AvgIpc) is 2.35. The molecule has 0 heterocycles. The Morgan fingerprint density at radius 1 is 1.06 bits per heavy atom. The molecule has 1 aliphatic carbocycles. The van der Waals surface area contributed by atoms with Crippen LogP contribution in [-0.2, 0) is 0 Å². The van der Waals surface area contributed by atoms with E-state index in [1.807, 2.05) is 0 Å². The summed E-state index contributed by atoms with van der Waals surface area (Å²) in [5.74, 6) is 3.86. The van der Waals surface area contributed by atoms with Crippen molar-refractivity contribution < 1.29 is 0 Å². The molecule has 0 spiro atoms. The van der Waals surface area contributed by atoms with Crippen LogP contribution in [-0.4, -0.2) is 13.1 Å². The molecule has 1 N–H and O–H groups in total. The lowest BCUT2D eigenvalue weighted by Crippen LogP contribution is -2.33. The smallest absolute Gasteiger partial charge is 0.00180 e. The maximum Gasteiger partial charge on any atom is -0.00180 e. The van der Waals surface area contributed by atoms with Crippen molar-refractivity contribution in [3.8, 4) is 0 Å². The SMILES string of the molecule is CCCC1CCC(CNCC)C(CCC(C)C)C1. The van der Waals surface area contributed by atoms with E-state index in [0.29, 0.717) is 0 Å². The molecule has 0 aromatic carbocycles. The molecule has 1 nitrogen and oxygen atoms in total. The third-order valence-electron chi connectivity index (χ3n) is 4.72. The highest BCUT2D eigenvalue weighted by Crippen LogP contribution is 2.38. The molecule has 108 valence electrons. The van der Waals surface area contributed by atoms with Crippen LogP contribution in [0.5, 0.6) is 0 Å². The molecule has 0 radical (unpaired) electrons. The van der Waals surface area contributed by atoms with Crippen LogP contribution in [0.3, 0.4) is 0 Å². The molecule has 1 aliphatic rings. The van der Waals surface area contributed by atoms with E-state index in [2.05, 4.69) is 33.0 Å². The Balaban J connectivity index is 2.43. The number of hydrogen-bond donors (Lipinski definition) is 1. The van der Waals surface area contributed by atoms with Crippen LogP contribution in [0.15, 0.2) is 0 Å². The van der Waals surface area contributed by atoms with E-state index in [1.165, 1.54) is 51.5 Å². The topological polar surface area (TPSA) is 12.0 Å². The quantitative estimate of drug-likeness (QED) is 0.651. The van der Waals surface area contributed by atoms with Gasteiger partial charge in [-0.2, -0.15) is 0 Å². The standard InChI is InChI=1S/C17H35N/c1-5-7-15-9-11-17(13-18-6-2)16(12-15)10-8-14(3)4/h14-18H,5-13H2,1-4H3. The van der Waals surface area contributed by atoms with Gasteiger partial charge in [0.05, 0.1) is 0 Å². The fourth-order valence-corrected chi connectivity index (χ4v) is 3.59. The van der Waals surface area contributed by atoms with Crippen LogP contribution in [0.2, 0.25) is 0 Å². The van der Waals surface area contributed by atoms with Gasteiger partial charge in [-0.3, -0.25) is 0 Å². The number of hydrogen-bond acceptors (Lipinski definition) is 1. The van der Waals surface area contributed by atoms with Gasteiger partial charge in [0, 0.05) is 0 Å². The molecule has 3 atom stereocenters. The summed E-state index contributed by atoms with van der Waals surface area (Å²) in [6, 6.07) is 0. The van der Waals surface area contributed by atoms with Crippen LogP contribution in [0.1, 0.15) is 72.6 Å². The van der Waals surface area contributed by atoms with Crippen molar-refractivity contribution >= 4 is 0 Å². The zero-order chi connectivity index (χ0) is 13.4. The summed E-state index contributed by atoms with van der Waals surface area (Å²) >= 11 is 0.